The molecular weight excluding hydrogens is 512 g/mol. The average Bonchev–Trinajstić information content (AvgIpc) is 2.90. The van der Waals surface area contributed by atoms with Crippen LogP contribution in [0.25, 0.3) is 5.69 Å². The van der Waals surface area contributed by atoms with Gasteiger partial charge >= 0.3 is 0 Å². The summed E-state index contributed by atoms with van der Waals surface area (Å²) >= 11 is 4.75. The van der Waals surface area contributed by atoms with E-state index in [-0.39, 0.29) is 29.7 Å². The molecule has 2 aliphatic carbocycles. The van der Waals surface area contributed by atoms with Crippen molar-refractivity contribution in [2.75, 3.05) is 26.2 Å². The topological polar surface area (TPSA) is 96.7 Å². The van der Waals surface area contributed by atoms with Crippen LogP contribution in [0, 0.1) is 0 Å². The third kappa shape index (κ3) is 6.69. The second-order valence-corrected chi connectivity index (χ2v) is 11.7. The van der Waals surface area contributed by atoms with E-state index in [1.165, 1.54) is 32.1 Å². The molecule has 2 saturated carbocycles. The maximum Gasteiger partial charge on any atom is 0.264 e. The zero-order chi connectivity index (χ0) is 27.2. The Morgan fingerprint density at radius 3 is 2.67 bits per heavy atom. The van der Waals surface area contributed by atoms with Crippen LogP contribution in [0.15, 0.2) is 29.1 Å². The minimum Gasteiger partial charge on any atom is -0.508 e. The Balaban J connectivity index is 1.17. The fourth-order valence-corrected chi connectivity index (χ4v) is 6.45. The molecule has 8 nitrogen and oxygen atoms in total. The molecule has 1 atom stereocenters. The van der Waals surface area contributed by atoms with E-state index in [1.54, 1.807) is 27.7 Å². The highest BCUT2D eigenvalue weighted by molar-refractivity contribution is 7.80. The lowest BCUT2D eigenvalue weighted by molar-refractivity contribution is -0.131. The van der Waals surface area contributed by atoms with Gasteiger partial charge in [0, 0.05) is 31.6 Å². The molecule has 5 rings (SSSR count). The first kappa shape index (κ1) is 28.2. The van der Waals surface area contributed by atoms with Crippen molar-refractivity contribution in [1.82, 2.24) is 19.8 Å². The number of phenolic OH excluding ortho intramolecular Hbond substituents is 1. The first-order chi connectivity index (χ1) is 19.0. The van der Waals surface area contributed by atoms with E-state index < -0.39 is 5.37 Å². The highest BCUT2D eigenvalue weighted by Crippen LogP contribution is 2.38. The minimum atomic E-state index is -0.654. The number of rotatable bonds is 11. The Labute approximate surface area is 236 Å². The number of nitrogens with zero attached hydrogens (tertiary/aromatic N) is 3. The van der Waals surface area contributed by atoms with Crippen molar-refractivity contribution in [3.63, 3.8) is 0 Å². The van der Waals surface area contributed by atoms with Gasteiger partial charge in [-0.1, -0.05) is 31.7 Å². The molecular formula is C30H42N4O4S. The summed E-state index contributed by atoms with van der Waals surface area (Å²) in [5, 5.41) is 12.7. The highest BCUT2D eigenvalue weighted by atomic mass is 32.1. The molecule has 2 N–H and O–H groups in total. The second kappa shape index (κ2) is 13.3. The zero-order valence-electron chi connectivity index (χ0n) is 22.8. The third-order valence-corrected chi connectivity index (χ3v) is 8.96. The molecule has 1 unspecified atom stereocenters. The summed E-state index contributed by atoms with van der Waals surface area (Å²) in [5.41, 5.74) is 1.59. The Bertz CT molecular complexity index is 1190. The van der Waals surface area contributed by atoms with Gasteiger partial charge < -0.3 is 20.1 Å². The molecule has 2 heterocycles. The van der Waals surface area contributed by atoms with Gasteiger partial charge in [0.05, 0.1) is 29.6 Å². The van der Waals surface area contributed by atoms with Crippen molar-refractivity contribution in [2.45, 2.75) is 94.4 Å². The van der Waals surface area contributed by atoms with Crippen molar-refractivity contribution in [3.05, 3.63) is 51.7 Å². The molecule has 1 aliphatic heterocycles. The number of unbranched alkanes of at least 4 members (excludes halogenated alkanes) is 2. The van der Waals surface area contributed by atoms with Crippen molar-refractivity contribution in [1.29, 1.82) is 0 Å². The summed E-state index contributed by atoms with van der Waals surface area (Å²) in [6.07, 6.45) is 13.6. The lowest BCUT2D eigenvalue weighted by Gasteiger charge is -2.35. The molecule has 2 aromatic rings. The van der Waals surface area contributed by atoms with Crippen LogP contribution in [-0.4, -0.2) is 57.8 Å². The second-order valence-electron chi connectivity index (χ2n) is 11.2. The van der Waals surface area contributed by atoms with Crippen LogP contribution in [0.2, 0.25) is 0 Å². The van der Waals surface area contributed by atoms with Gasteiger partial charge in [-0.25, -0.2) is 4.98 Å². The number of phenols is 1. The van der Waals surface area contributed by atoms with Gasteiger partial charge in [0.25, 0.3) is 5.56 Å². The monoisotopic (exact) mass is 554 g/mol. The molecule has 212 valence electrons. The third-order valence-electron chi connectivity index (χ3n) is 8.42. The largest absolute Gasteiger partial charge is 0.508 e. The van der Waals surface area contributed by atoms with E-state index in [0.717, 1.165) is 63.2 Å². The van der Waals surface area contributed by atoms with Crippen LogP contribution in [0.3, 0.4) is 0 Å². The maximum absolute atomic E-state index is 13.9. The number of aromatic nitrogens is 2. The van der Waals surface area contributed by atoms with Crippen molar-refractivity contribution >= 4 is 18.5 Å². The lowest BCUT2D eigenvalue weighted by atomic mass is 9.84. The number of hydrogen-bond donors (Lipinski definition) is 3. The van der Waals surface area contributed by atoms with Crippen molar-refractivity contribution in [2.24, 2.45) is 0 Å². The molecule has 39 heavy (non-hydrogen) atoms. The van der Waals surface area contributed by atoms with E-state index >= 15 is 0 Å². The number of carbonyl (C=O) groups excluding carboxylic acids is 1. The predicted molar refractivity (Wildman–Crippen MR) is 155 cm³/mol. The van der Waals surface area contributed by atoms with Crippen molar-refractivity contribution < 1.29 is 14.6 Å². The average molecular weight is 555 g/mol. The number of aromatic hydroxyl groups is 1. The van der Waals surface area contributed by atoms with Gasteiger partial charge in [0.1, 0.15) is 16.9 Å². The van der Waals surface area contributed by atoms with E-state index in [1.807, 2.05) is 6.07 Å². The van der Waals surface area contributed by atoms with Crippen LogP contribution in [0.4, 0.5) is 0 Å². The Kier molecular flexibility index (Phi) is 9.63. The predicted octanol–water partition coefficient (Wildman–Crippen LogP) is 4.63. The van der Waals surface area contributed by atoms with Crippen LogP contribution >= 0.6 is 12.6 Å². The number of nitrogens with one attached hydrogen (secondary N) is 1. The molecule has 0 bridgehead atoms. The number of ether oxygens (including phenoxy) is 1. The van der Waals surface area contributed by atoms with Gasteiger partial charge in [-0.3, -0.25) is 14.2 Å². The lowest BCUT2D eigenvalue weighted by Crippen LogP contribution is -2.46. The van der Waals surface area contributed by atoms with Crippen LogP contribution in [0.1, 0.15) is 99.0 Å². The molecule has 1 aromatic heterocycles. The number of amides is 1. The quantitative estimate of drug-likeness (QED) is 0.277. The molecule has 0 saturated heterocycles. The summed E-state index contributed by atoms with van der Waals surface area (Å²) in [5.74, 6) is 1.01. The molecule has 0 radical (unpaired) electrons. The number of carbonyl (C=O) groups is 1. The minimum absolute atomic E-state index is 0.0624. The number of benzene rings is 1. The molecule has 1 amide bonds. The van der Waals surface area contributed by atoms with Gasteiger partial charge in [-0.2, -0.15) is 0 Å². The van der Waals surface area contributed by atoms with E-state index in [4.69, 9.17) is 22.3 Å². The van der Waals surface area contributed by atoms with E-state index in [9.17, 15) is 14.7 Å². The van der Waals surface area contributed by atoms with Gasteiger partial charge in [0.15, 0.2) is 0 Å². The van der Waals surface area contributed by atoms with Crippen LogP contribution in [0.5, 0.6) is 5.75 Å². The van der Waals surface area contributed by atoms with Gasteiger partial charge in [0.2, 0.25) is 5.91 Å². The Morgan fingerprint density at radius 2 is 1.92 bits per heavy atom. The number of hydrogen-bond acceptors (Lipinski definition) is 7. The fraction of sp³-hybridized carbons (Fsp3) is 0.633. The molecule has 0 spiro atoms. The Hall–Kier alpha value is -2.36. The summed E-state index contributed by atoms with van der Waals surface area (Å²) in [6, 6.07) is 6.71. The SMILES string of the molecule is O=C(CNCCCCCOC1CCCCC1)N1CCc2nc(C3CCC3)n(-c3cccc(O)c3)c(=O)c2C1S. The first-order valence-electron chi connectivity index (χ1n) is 14.8. The van der Waals surface area contributed by atoms with Crippen LogP contribution < -0.4 is 10.9 Å². The highest BCUT2D eigenvalue weighted by Gasteiger charge is 2.35. The standard InChI is InChI=1S/C30H42N4O4S/c35-23-12-8-11-22(19-23)34-28(21-9-7-10-21)32-25-15-17-33(30(39)27(25)29(34)37)26(36)20-31-16-5-2-6-18-38-24-13-3-1-4-14-24/h8,11-12,19,21,24,30-31,35,39H,1-7,9-10,13-18,20H2. The number of fused-ring (bicyclic) bond motifs is 1. The maximum atomic E-state index is 13.9. The zero-order valence-corrected chi connectivity index (χ0v) is 23.7. The first-order valence-corrected chi connectivity index (χ1v) is 15.3. The Morgan fingerprint density at radius 1 is 1.10 bits per heavy atom. The van der Waals surface area contributed by atoms with Crippen LogP contribution in [-0.2, 0) is 16.0 Å². The smallest absolute Gasteiger partial charge is 0.264 e. The van der Waals surface area contributed by atoms with Gasteiger partial charge in [-0.05, 0) is 63.6 Å². The summed E-state index contributed by atoms with van der Waals surface area (Å²) in [7, 11) is 0. The van der Waals surface area contributed by atoms with Gasteiger partial charge in [-0.15, -0.1) is 12.6 Å². The summed E-state index contributed by atoms with van der Waals surface area (Å²) in [4.78, 5) is 33.6. The van der Waals surface area contributed by atoms with E-state index in [0.29, 0.717) is 30.3 Å². The summed E-state index contributed by atoms with van der Waals surface area (Å²) < 4.78 is 7.62. The number of thiol groups is 1. The molecule has 3 aliphatic rings. The molecule has 9 heteroatoms. The molecule has 2 fully saturated rings. The normalized spacial score (nSPS) is 20.0. The fourth-order valence-electron chi connectivity index (χ4n) is 5.94. The molecule has 1 aromatic carbocycles. The summed E-state index contributed by atoms with van der Waals surface area (Å²) in [6.45, 7) is 2.31. The van der Waals surface area contributed by atoms with Crippen molar-refractivity contribution in [3.8, 4) is 11.4 Å². The van der Waals surface area contributed by atoms with E-state index in [2.05, 4.69) is 5.32 Å².